The predicted molar refractivity (Wildman–Crippen MR) is 107 cm³/mol. The highest BCUT2D eigenvalue weighted by Crippen LogP contribution is 2.24. The maximum Gasteiger partial charge on any atom is 0.244 e. The summed E-state index contributed by atoms with van der Waals surface area (Å²) in [6.07, 6.45) is 1.35. The Balaban J connectivity index is 1.55. The molecule has 3 rings (SSSR count). The van der Waals surface area contributed by atoms with Crippen LogP contribution in [0.15, 0.2) is 54.6 Å². The van der Waals surface area contributed by atoms with E-state index in [1.165, 1.54) is 11.1 Å². The van der Waals surface area contributed by atoms with Gasteiger partial charge in [0.05, 0.1) is 5.54 Å². The Morgan fingerprint density at radius 2 is 1.69 bits per heavy atom. The van der Waals surface area contributed by atoms with Crippen molar-refractivity contribution in [2.45, 2.75) is 44.7 Å². The monoisotopic (exact) mass is 351 g/mol. The number of nitrogens with two attached hydrogens (primary N) is 1. The van der Waals surface area contributed by atoms with Crippen LogP contribution in [0.25, 0.3) is 0 Å². The molecule has 0 unspecified atom stereocenters. The van der Waals surface area contributed by atoms with E-state index in [1.807, 2.05) is 18.2 Å². The fourth-order valence-electron chi connectivity index (χ4n) is 3.39. The SMILES string of the molecule is CC(C)c1ccc(NC(=O)C2(N)CCN(Cc3ccccc3)CC2)cc1. The van der Waals surface area contributed by atoms with Crippen LogP contribution in [0.3, 0.4) is 0 Å². The van der Waals surface area contributed by atoms with Crippen LogP contribution in [0.4, 0.5) is 5.69 Å². The minimum atomic E-state index is -0.788. The number of hydrogen-bond acceptors (Lipinski definition) is 3. The maximum absolute atomic E-state index is 12.7. The molecular formula is C22H29N3O. The summed E-state index contributed by atoms with van der Waals surface area (Å²) in [6.45, 7) is 6.91. The molecule has 26 heavy (non-hydrogen) atoms. The van der Waals surface area contributed by atoms with Crippen molar-refractivity contribution in [3.05, 3.63) is 65.7 Å². The molecule has 1 amide bonds. The van der Waals surface area contributed by atoms with E-state index in [9.17, 15) is 4.79 Å². The Hall–Kier alpha value is -2.17. The normalized spacial score (nSPS) is 17.2. The molecule has 0 bridgehead atoms. The number of nitrogens with zero attached hydrogens (tertiary/aromatic N) is 1. The molecule has 4 nitrogen and oxygen atoms in total. The molecule has 138 valence electrons. The number of nitrogens with one attached hydrogen (secondary N) is 1. The van der Waals surface area contributed by atoms with Crippen molar-refractivity contribution in [3.63, 3.8) is 0 Å². The molecule has 0 saturated carbocycles. The second kappa shape index (κ2) is 8.02. The van der Waals surface area contributed by atoms with Gasteiger partial charge in [-0.1, -0.05) is 56.3 Å². The topological polar surface area (TPSA) is 58.4 Å². The van der Waals surface area contributed by atoms with E-state index in [-0.39, 0.29) is 5.91 Å². The Labute approximate surface area is 156 Å². The van der Waals surface area contributed by atoms with Crippen LogP contribution < -0.4 is 11.1 Å². The summed E-state index contributed by atoms with van der Waals surface area (Å²) in [7, 11) is 0. The Bertz CT molecular complexity index is 717. The third-order valence-electron chi connectivity index (χ3n) is 5.28. The second-order valence-corrected chi connectivity index (χ2v) is 7.65. The van der Waals surface area contributed by atoms with Crippen LogP contribution in [0.1, 0.15) is 43.7 Å². The lowest BCUT2D eigenvalue weighted by Crippen LogP contribution is -2.57. The third kappa shape index (κ3) is 4.51. The van der Waals surface area contributed by atoms with Gasteiger partial charge < -0.3 is 11.1 Å². The van der Waals surface area contributed by atoms with Gasteiger partial charge in [-0.15, -0.1) is 0 Å². The van der Waals surface area contributed by atoms with Crippen LogP contribution in [0.5, 0.6) is 0 Å². The number of benzene rings is 2. The van der Waals surface area contributed by atoms with E-state index in [1.54, 1.807) is 0 Å². The zero-order valence-electron chi connectivity index (χ0n) is 15.7. The van der Waals surface area contributed by atoms with Crippen molar-refractivity contribution in [2.24, 2.45) is 5.73 Å². The van der Waals surface area contributed by atoms with Crippen molar-refractivity contribution >= 4 is 11.6 Å². The molecule has 2 aromatic rings. The Morgan fingerprint density at radius 1 is 1.08 bits per heavy atom. The van der Waals surface area contributed by atoms with Crippen LogP contribution in [0, 0.1) is 0 Å². The summed E-state index contributed by atoms with van der Waals surface area (Å²) in [5, 5.41) is 3.00. The largest absolute Gasteiger partial charge is 0.324 e. The van der Waals surface area contributed by atoms with Crippen molar-refractivity contribution in [2.75, 3.05) is 18.4 Å². The molecule has 0 aliphatic carbocycles. The molecule has 1 saturated heterocycles. The first-order valence-electron chi connectivity index (χ1n) is 9.43. The second-order valence-electron chi connectivity index (χ2n) is 7.65. The fraction of sp³-hybridized carbons (Fsp3) is 0.409. The van der Waals surface area contributed by atoms with Crippen molar-refractivity contribution < 1.29 is 4.79 Å². The van der Waals surface area contributed by atoms with Gasteiger partial charge in [-0.3, -0.25) is 9.69 Å². The maximum atomic E-state index is 12.7. The number of hydrogen-bond donors (Lipinski definition) is 2. The summed E-state index contributed by atoms with van der Waals surface area (Å²) >= 11 is 0. The Morgan fingerprint density at radius 3 is 2.27 bits per heavy atom. The first-order chi connectivity index (χ1) is 12.5. The van der Waals surface area contributed by atoms with E-state index in [0.717, 1.165) is 25.3 Å². The molecule has 0 atom stereocenters. The van der Waals surface area contributed by atoms with Gasteiger partial charge in [0.25, 0.3) is 0 Å². The lowest BCUT2D eigenvalue weighted by atomic mass is 9.87. The zero-order chi connectivity index (χ0) is 18.6. The lowest BCUT2D eigenvalue weighted by Gasteiger charge is -2.38. The van der Waals surface area contributed by atoms with Gasteiger partial charge in [-0.25, -0.2) is 0 Å². The molecule has 0 spiro atoms. The van der Waals surface area contributed by atoms with Gasteiger partial charge in [0.15, 0.2) is 0 Å². The van der Waals surface area contributed by atoms with Gasteiger partial charge >= 0.3 is 0 Å². The molecule has 1 heterocycles. The molecular weight excluding hydrogens is 322 g/mol. The van der Waals surface area contributed by atoms with E-state index in [2.05, 4.69) is 60.5 Å². The average molecular weight is 351 g/mol. The van der Waals surface area contributed by atoms with Gasteiger partial charge in [-0.2, -0.15) is 0 Å². The first kappa shape index (κ1) is 18.6. The summed E-state index contributed by atoms with van der Waals surface area (Å²) < 4.78 is 0. The zero-order valence-corrected chi connectivity index (χ0v) is 15.7. The standard InChI is InChI=1S/C22H29N3O/c1-17(2)19-8-10-20(11-9-19)24-21(26)22(23)12-14-25(15-13-22)16-18-6-4-3-5-7-18/h3-11,17H,12-16,23H2,1-2H3,(H,24,26). The van der Waals surface area contributed by atoms with E-state index >= 15 is 0 Å². The number of amides is 1. The summed E-state index contributed by atoms with van der Waals surface area (Å²) in [6, 6.07) is 18.5. The predicted octanol–water partition coefficient (Wildman–Crippen LogP) is 3.74. The van der Waals surface area contributed by atoms with Crippen LogP contribution in [-0.2, 0) is 11.3 Å². The molecule has 1 fully saturated rings. The molecule has 3 N–H and O–H groups in total. The average Bonchev–Trinajstić information content (AvgIpc) is 2.65. The number of carbonyl (C=O) groups excluding carboxylic acids is 1. The number of likely N-dealkylation sites (tertiary alicyclic amines) is 1. The smallest absolute Gasteiger partial charge is 0.244 e. The van der Waals surface area contributed by atoms with E-state index in [4.69, 9.17) is 5.73 Å². The number of piperidine rings is 1. The highest BCUT2D eigenvalue weighted by atomic mass is 16.2. The third-order valence-corrected chi connectivity index (χ3v) is 5.28. The van der Waals surface area contributed by atoms with Crippen LogP contribution in [-0.4, -0.2) is 29.4 Å². The van der Waals surface area contributed by atoms with E-state index < -0.39 is 5.54 Å². The van der Waals surface area contributed by atoms with E-state index in [0.29, 0.717) is 18.8 Å². The molecule has 1 aliphatic rings. The van der Waals surface area contributed by atoms with Crippen LogP contribution in [0.2, 0.25) is 0 Å². The Kier molecular flexibility index (Phi) is 5.74. The lowest BCUT2D eigenvalue weighted by molar-refractivity contribution is -0.122. The van der Waals surface area contributed by atoms with Crippen molar-refractivity contribution in [3.8, 4) is 0 Å². The van der Waals surface area contributed by atoms with Gasteiger partial charge in [0.2, 0.25) is 5.91 Å². The summed E-state index contributed by atoms with van der Waals surface area (Å²) in [5.41, 5.74) is 9.03. The van der Waals surface area contributed by atoms with Crippen molar-refractivity contribution in [1.82, 2.24) is 4.90 Å². The minimum Gasteiger partial charge on any atom is -0.324 e. The fourth-order valence-corrected chi connectivity index (χ4v) is 3.39. The molecule has 1 aliphatic heterocycles. The highest BCUT2D eigenvalue weighted by molar-refractivity contribution is 5.98. The number of rotatable bonds is 5. The first-order valence-corrected chi connectivity index (χ1v) is 9.43. The highest BCUT2D eigenvalue weighted by Gasteiger charge is 2.37. The van der Waals surface area contributed by atoms with Gasteiger partial charge in [0, 0.05) is 25.3 Å². The van der Waals surface area contributed by atoms with Gasteiger partial charge in [-0.05, 0) is 42.0 Å². The summed E-state index contributed by atoms with van der Waals surface area (Å²) in [5.74, 6) is 0.406. The quantitative estimate of drug-likeness (QED) is 0.863. The minimum absolute atomic E-state index is 0.0749. The van der Waals surface area contributed by atoms with Gasteiger partial charge in [0.1, 0.15) is 0 Å². The van der Waals surface area contributed by atoms with Crippen LogP contribution >= 0.6 is 0 Å². The molecule has 4 heteroatoms. The molecule has 0 aromatic heterocycles. The number of anilines is 1. The molecule has 0 radical (unpaired) electrons. The van der Waals surface area contributed by atoms with Crippen molar-refractivity contribution in [1.29, 1.82) is 0 Å². The molecule has 2 aromatic carbocycles. The number of carbonyl (C=O) groups is 1. The summed E-state index contributed by atoms with van der Waals surface area (Å²) in [4.78, 5) is 15.1.